The van der Waals surface area contributed by atoms with Crippen LogP contribution < -0.4 is 15.4 Å². The van der Waals surface area contributed by atoms with Crippen LogP contribution in [0.5, 0.6) is 5.88 Å². The largest absolute Gasteiger partial charge is 0.481 e. The molecule has 1 amide bonds. The van der Waals surface area contributed by atoms with Gasteiger partial charge in [-0.05, 0) is 6.07 Å². The normalized spacial score (nSPS) is 9.47. The van der Waals surface area contributed by atoms with Crippen molar-refractivity contribution in [1.82, 2.24) is 10.3 Å². The van der Waals surface area contributed by atoms with Gasteiger partial charge >= 0.3 is 5.97 Å². The van der Waals surface area contributed by atoms with Gasteiger partial charge < -0.3 is 20.5 Å². The van der Waals surface area contributed by atoms with Crippen LogP contribution in [0.15, 0.2) is 18.3 Å². The molecule has 0 spiro atoms. The van der Waals surface area contributed by atoms with E-state index in [1.54, 1.807) is 12.1 Å². The Hall–Kier alpha value is -2.31. The molecule has 7 nitrogen and oxygen atoms in total. The first-order valence-corrected chi connectivity index (χ1v) is 4.84. The second-order valence-corrected chi connectivity index (χ2v) is 3.11. The number of carboxylic acids is 1. The number of nitrogens with zero attached hydrogens (tertiary/aromatic N) is 1. The van der Waals surface area contributed by atoms with E-state index in [-0.39, 0.29) is 13.1 Å². The highest BCUT2D eigenvalue weighted by Gasteiger charge is 2.03. The van der Waals surface area contributed by atoms with E-state index in [1.807, 2.05) is 0 Å². The van der Waals surface area contributed by atoms with Gasteiger partial charge in [0.05, 0.1) is 13.7 Å². The summed E-state index contributed by atoms with van der Waals surface area (Å²) in [5.41, 5.74) is 0.669. The SMILES string of the molecule is COc1cc(NCC(=O)NCC(=O)O)ccn1. The molecule has 3 N–H and O–H groups in total. The van der Waals surface area contributed by atoms with E-state index in [9.17, 15) is 9.59 Å². The Labute approximate surface area is 97.8 Å². The third-order valence-electron chi connectivity index (χ3n) is 1.83. The predicted octanol–water partition coefficient (Wildman–Crippen LogP) is -0.297. The summed E-state index contributed by atoms with van der Waals surface area (Å²) < 4.78 is 4.91. The molecule has 0 bridgehead atoms. The first-order chi connectivity index (χ1) is 8.11. The number of rotatable bonds is 6. The molecule has 0 aliphatic heterocycles. The zero-order chi connectivity index (χ0) is 12.7. The summed E-state index contributed by atoms with van der Waals surface area (Å²) in [5, 5.41) is 13.4. The third kappa shape index (κ3) is 4.83. The summed E-state index contributed by atoms with van der Waals surface area (Å²) in [4.78, 5) is 25.3. The van der Waals surface area contributed by atoms with E-state index in [2.05, 4.69) is 15.6 Å². The van der Waals surface area contributed by atoms with E-state index < -0.39 is 11.9 Å². The van der Waals surface area contributed by atoms with Crippen molar-refractivity contribution in [1.29, 1.82) is 0 Å². The van der Waals surface area contributed by atoms with Gasteiger partial charge in [0.1, 0.15) is 6.54 Å². The lowest BCUT2D eigenvalue weighted by Crippen LogP contribution is -2.33. The summed E-state index contributed by atoms with van der Waals surface area (Å²) in [6.07, 6.45) is 1.54. The van der Waals surface area contributed by atoms with Gasteiger partial charge in [-0.2, -0.15) is 0 Å². The Morgan fingerprint density at radius 3 is 2.88 bits per heavy atom. The fourth-order valence-electron chi connectivity index (χ4n) is 1.05. The quantitative estimate of drug-likeness (QED) is 0.630. The lowest BCUT2D eigenvalue weighted by Gasteiger charge is -2.07. The number of hydrogen-bond acceptors (Lipinski definition) is 5. The summed E-state index contributed by atoms with van der Waals surface area (Å²) >= 11 is 0. The molecule has 0 aromatic carbocycles. The number of ether oxygens (including phenoxy) is 1. The number of carbonyl (C=O) groups excluding carboxylic acids is 1. The lowest BCUT2D eigenvalue weighted by molar-refractivity contribution is -0.137. The van der Waals surface area contributed by atoms with Gasteiger partial charge in [0.25, 0.3) is 0 Å². The van der Waals surface area contributed by atoms with Gasteiger partial charge in [-0.15, -0.1) is 0 Å². The Morgan fingerprint density at radius 1 is 1.47 bits per heavy atom. The zero-order valence-electron chi connectivity index (χ0n) is 9.27. The number of hydrogen-bond donors (Lipinski definition) is 3. The number of aliphatic carboxylic acids is 1. The number of methoxy groups -OCH3 is 1. The van der Waals surface area contributed by atoms with Crippen LogP contribution in [0.4, 0.5) is 5.69 Å². The number of carbonyl (C=O) groups is 2. The molecule has 0 atom stereocenters. The number of amides is 1. The summed E-state index contributed by atoms with van der Waals surface area (Å²) in [6.45, 7) is -0.402. The van der Waals surface area contributed by atoms with Crippen LogP contribution in [-0.4, -0.2) is 42.2 Å². The second-order valence-electron chi connectivity index (χ2n) is 3.11. The van der Waals surface area contributed by atoms with Crippen molar-refractivity contribution in [2.75, 3.05) is 25.5 Å². The summed E-state index contributed by atoms with van der Waals surface area (Å²) in [6, 6.07) is 3.30. The molecular formula is C10H13N3O4. The average molecular weight is 239 g/mol. The van der Waals surface area contributed by atoms with Crippen molar-refractivity contribution in [2.45, 2.75) is 0 Å². The highest BCUT2D eigenvalue weighted by molar-refractivity contribution is 5.84. The second kappa shape index (κ2) is 6.31. The van der Waals surface area contributed by atoms with Crippen molar-refractivity contribution in [3.63, 3.8) is 0 Å². The van der Waals surface area contributed by atoms with E-state index in [0.717, 1.165) is 0 Å². The van der Waals surface area contributed by atoms with Crippen molar-refractivity contribution >= 4 is 17.6 Å². The molecule has 7 heteroatoms. The molecule has 17 heavy (non-hydrogen) atoms. The van der Waals surface area contributed by atoms with Crippen molar-refractivity contribution in [3.05, 3.63) is 18.3 Å². The van der Waals surface area contributed by atoms with Crippen LogP contribution in [0.3, 0.4) is 0 Å². The van der Waals surface area contributed by atoms with Crippen molar-refractivity contribution < 1.29 is 19.4 Å². The Morgan fingerprint density at radius 2 is 2.24 bits per heavy atom. The van der Waals surface area contributed by atoms with Crippen LogP contribution in [0.25, 0.3) is 0 Å². The standard InChI is InChI=1S/C10H13N3O4/c1-17-9-4-7(2-3-11-9)12-5-8(14)13-6-10(15)16/h2-4H,5-6H2,1H3,(H,11,12)(H,13,14)(H,15,16). The fourth-order valence-corrected chi connectivity index (χ4v) is 1.05. The molecule has 92 valence electrons. The molecule has 0 saturated heterocycles. The maximum absolute atomic E-state index is 11.2. The van der Waals surface area contributed by atoms with Crippen LogP contribution in [-0.2, 0) is 9.59 Å². The molecule has 0 saturated carbocycles. The molecule has 0 aliphatic carbocycles. The number of carboxylic acid groups (broad SMARTS) is 1. The Kier molecular flexibility index (Phi) is 4.74. The highest BCUT2D eigenvalue weighted by Crippen LogP contribution is 2.12. The number of pyridine rings is 1. The summed E-state index contributed by atoms with van der Waals surface area (Å²) in [7, 11) is 1.49. The lowest BCUT2D eigenvalue weighted by atomic mass is 10.4. The molecular weight excluding hydrogens is 226 g/mol. The number of nitrogens with one attached hydrogen (secondary N) is 2. The molecule has 0 unspecified atom stereocenters. The maximum atomic E-state index is 11.2. The third-order valence-corrected chi connectivity index (χ3v) is 1.83. The zero-order valence-corrected chi connectivity index (χ0v) is 9.27. The Balaban J connectivity index is 2.39. The fraction of sp³-hybridized carbons (Fsp3) is 0.300. The molecule has 0 aliphatic rings. The van der Waals surface area contributed by atoms with Crippen LogP contribution in [0, 0.1) is 0 Å². The highest BCUT2D eigenvalue weighted by atomic mass is 16.5. The minimum Gasteiger partial charge on any atom is -0.481 e. The van der Waals surface area contributed by atoms with Gasteiger partial charge in [-0.3, -0.25) is 9.59 Å². The van der Waals surface area contributed by atoms with E-state index in [0.29, 0.717) is 11.6 Å². The predicted molar refractivity (Wildman–Crippen MR) is 59.9 cm³/mol. The minimum atomic E-state index is -1.08. The maximum Gasteiger partial charge on any atom is 0.322 e. The molecule has 1 rings (SSSR count). The molecule has 1 aromatic heterocycles. The minimum absolute atomic E-state index is 0.0134. The van der Waals surface area contributed by atoms with E-state index in [1.165, 1.54) is 13.3 Å². The molecule has 1 heterocycles. The van der Waals surface area contributed by atoms with Gasteiger partial charge in [0, 0.05) is 18.0 Å². The first kappa shape index (κ1) is 12.8. The smallest absolute Gasteiger partial charge is 0.322 e. The van der Waals surface area contributed by atoms with E-state index >= 15 is 0 Å². The summed E-state index contributed by atoms with van der Waals surface area (Å²) in [5.74, 6) is -1.05. The van der Waals surface area contributed by atoms with Crippen LogP contribution >= 0.6 is 0 Å². The van der Waals surface area contributed by atoms with Gasteiger partial charge in [-0.25, -0.2) is 4.98 Å². The Bertz CT molecular complexity index is 408. The van der Waals surface area contributed by atoms with Gasteiger partial charge in [0.15, 0.2) is 0 Å². The number of aromatic nitrogens is 1. The van der Waals surface area contributed by atoms with Crippen molar-refractivity contribution in [2.24, 2.45) is 0 Å². The number of anilines is 1. The molecule has 1 aromatic rings. The average Bonchev–Trinajstić information content (AvgIpc) is 2.34. The van der Waals surface area contributed by atoms with Crippen LogP contribution in [0.2, 0.25) is 0 Å². The first-order valence-electron chi connectivity index (χ1n) is 4.84. The van der Waals surface area contributed by atoms with E-state index in [4.69, 9.17) is 9.84 Å². The molecule has 0 fully saturated rings. The van der Waals surface area contributed by atoms with Crippen molar-refractivity contribution in [3.8, 4) is 5.88 Å². The van der Waals surface area contributed by atoms with Gasteiger partial charge in [-0.1, -0.05) is 0 Å². The topological polar surface area (TPSA) is 101 Å². The van der Waals surface area contributed by atoms with Crippen LogP contribution in [0.1, 0.15) is 0 Å². The van der Waals surface area contributed by atoms with Gasteiger partial charge in [0.2, 0.25) is 11.8 Å². The molecule has 0 radical (unpaired) electrons. The monoisotopic (exact) mass is 239 g/mol.